The number of aliphatic carboxylic acids is 1. The highest BCUT2D eigenvalue weighted by Crippen LogP contribution is 2.60. The number of rotatable bonds is 11. The van der Waals surface area contributed by atoms with E-state index in [1.807, 2.05) is 5.32 Å². The lowest BCUT2D eigenvalue weighted by Gasteiger charge is -2.39. The summed E-state index contributed by atoms with van der Waals surface area (Å²) >= 11 is 0. The van der Waals surface area contributed by atoms with Crippen molar-refractivity contribution in [2.75, 3.05) is 6.54 Å². The third kappa shape index (κ3) is 6.05. The van der Waals surface area contributed by atoms with Gasteiger partial charge in [-0.15, -0.1) is 0 Å². The minimum absolute atomic E-state index is 0.127. The molecule has 1 amide bonds. The predicted molar refractivity (Wildman–Crippen MR) is 91.4 cm³/mol. The van der Waals surface area contributed by atoms with Gasteiger partial charge in [0.05, 0.1) is 0 Å². The highest BCUT2D eigenvalue weighted by atomic mass is 19.4. The molecule has 0 aromatic heterocycles. The summed E-state index contributed by atoms with van der Waals surface area (Å²) < 4.78 is 175. The van der Waals surface area contributed by atoms with Gasteiger partial charge in [-0.25, -0.2) is 4.79 Å². The van der Waals surface area contributed by atoms with Crippen molar-refractivity contribution in [3.05, 3.63) is 35.4 Å². The molecule has 18 heteroatoms. The summed E-state index contributed by atoms with van der Waals surface area (Å²) in [6.45, 7) is -1.29. The number of benzene rings is 1. The first-order valence-electron chi connectivity index (χ1n) is 9.17. The molecule has 0 aliphatic heterocycles. The van der Waals surface area contributed by atoms with Crippen LogP contribution in [0, 0.1) is 0 Å². The third-order valence-electron chi connectivity index (χ3n) is 4.50. The molecule has 2 N–H and O–H groups in total. The first kappa shape index (κ1) is 31.1. The number of ether oxygens (including phenoxy) is 1. The van der Waals surface area contributed by atoms with E-state index in [-0.39, 0.29) is 11.1 Å². The van der Waals surface area contributed by atoms with Crippen LogP contribution < -0.4 is 5.32 Å². The van der Waals surface area contributed by atoms with Gasteiger partial charge in [0.1, 0.15) is 13.2 Å². The van der Waals surface area contributed by atoms with Crippen molar-refractivity contribution >= 4 is 12.1 Å². The van der Waals surface area contributed by atoms with E-state index >= 15 is 0 Å². The second kappa shape index (κ2) is 10.2. The summed E-state index contributed by atoms with van der Waals surface area (Å²) in [6.07, 6.45) is -12.2. The van der Waals surface area contributed by atoms with Gasteiger partial charge in [0.15, 0.2) is 0 Å². The lowest BCUT2D eigenvalue weighted by molar-refractivity contribution is -0.440. The molecule has 0 bridgehead atoms. The number of alkyl carbamates (subject to hydrolysis) is 1. The van der Waals surface area contributed by atoms with Crippen LogP contribution in [0.3, 0.4) is 0 Å². The molecule has 36 heavy (non-hydrogen) atoms. The van der Waals surface area contributed by atoms with Gasteiger partial charge in [-0.05, 0) is 17.5 Å². The number of carbonyl (C=O) groups is 2. The SMILES string of the molecule is O=C(O)CNC(=O)OCc1ccc(CCC(F)(F)C(F)(F)C(F)(F)C(F)(F)C(F)(F)C(F)(F)F)cc1. The number of alkyl halides is 13. The molecule has 0 saturated heterocycles. The van der Waals surface area contributed by atoms with E-state index < -0.39 is 73.8 Å². The zero-order valence-corrected chi connectivity index (χ0v) is 17.2. The Morgan fingerprint density at radius 1 is 0.722 bits per heavy atom. The molecular weight excluding hydrogens is 541 g/mol. The van der Waals surface area contributed by atoms with Crippen molar-refractivity contribution in [2.45, 2.75) is 55.2 Å². The van der Waals surface area contributed by atoms with Gasteiger partial charge < -0.3 is 15.2 Å². The largest absolute Gasteiger partial charge is 0.480 e. The van der Waals surface area contributed by atoms with E-state index in [0.29, 0.717) is 0 Å². The maximum Gasteiger partial charge on any atom is 0.460 e. The normalized spacial score (nSPS) is 13.9. The fourth-order valence-electron chi connectivity index (χ4n) is 2.41. The summed E-state index contributed by atoms with van der Waals surface area (Å²) in [6, 6.07) is 3.91. The number of halogens is 13. The highest BCUT2D eigenvalue weighted by molar-refractivity contribution is 5.76. The van der Waals surface area contributed by atoms with Crippen LogP contribution in [0.5, 0.6) is 0 Å². The van der Waals surface area contributed by atoms with Gasteiger partial charge in [-0.1, -0.05) is 24.3 Å². The van der Waals surface area contributed by atoms with Gasteiger partial charge in [-0.3, -0.25) is 4.79 Å². The van der Waals surface area contributed by atoms with Crippen molar-refractivity contribution in [1.29, 1.82) is 0 Å². The minimum atomic E-state index is -7.94. The van der Waals surface area contributed by atoms with E-state index in [1.54, 1.807) is 0 Å². The number of nitrogens with one attached hydrogen (secondary N) is 1. The van der Waals surface area contributed by atoms with Crippen LogP contribution in [0.2, 0.25) is 0 Å². The van der Waals surface area contributed by atoms with Crippen LogP contribution in [0.25, 0.3) is 0 Å². The lowest BCUT2D eigenvalue weighted by atomic mass is 9.91. The maximum absolute atomic E-state index is 13.8. The van der Waals surface area contributed by atoms with Gasteiger partial charge in [0, 0.05) is 6.42 Å². The van der Waals surface area contributed by atoms with E-state index in [9.17, 15) is 66.7 Å². The number of carboxylic acid groups (broad SMARTS) is 1. The van der Waals surface area contributed by atoms with Crippen molar-refractivity contribution < 1.29 is 76.5 Å². The molecule has 0 radical (unpaired) electrons. The average molecular weight is 555 g/mol. The minimum Gasteiger partial charge on any atom is -0.480 e. The van der Waals surface area contributed by atoms with Gasteiger partial charge in [0.25, 0.3) is 0 Å². The molecule has 0 saturated carbocycles. The molecule has 1 aromatic rings. The summed E-state index contributed by atoms with van der Waals surface area (Å²) in [5, 5.41) is 10.2. The Morgan fingerprint density at radius 3 is 1.61 bits per heavy atom. The zero-order chi connectivity index (χ0) is 28.4. The number of carbonyl (C=O) groups excluding carboxylic acids is 1. The van der Waals surface area contributed by atoms with Crippen LogP contribution in [0.4, 0.5) is 61.9 Å². The van der Waals surface area contributed by atoms with Crippen molar-refractivity contribution in [3.8, 4) is 0 Å². The zero-order valence-electron chi connectivity index (χ0n) is 17.2. The Balaban J connectivity index is 2.94. The molecule has 0 aliphatic rings. The van der Waals surface area contributed by atoms with Crippen LogP contribution in [0.1, 0.15) is 17.5 Å². The Morgan fingerprint density at radius 2 is 1.17 bits per heavy atom. The molecule has 0 heterocycles. The van der Waals surface area contributed by atoms with E-state index in [1.165, 1.54) is 0 Å². The molecule has 5 nitrogen and oxygen atoms in total. The summed E-state index contributed by atoms with van der Waals surface area (Å²) in [7, 11) is 0. The molecule has 0 aliphatic carbocycles. The number of hydrogen-bond acceptors (Lipinski definition) is 3. The Kier molecular flexibility index (Phi) is 8.80. The van der Waals surface area contributed by atoms with Crippen molar-refractivity contribution in [1.82, 2.24) is 5.32 Å². The van der Waals surface area contributed by atoms with Crippen LogP contribution in [0.15, 0.2) is 24.3 Å². The van der Waals surface area contributed by atoms with Crippen molar-refractivity contribution in [2.24, 2.45) is 0 Å². The quantitative estimate of drug-likeness (QED) is 0.346. The molecule has 0 spiro atoms. The number of aryl methyl sites for hydroxylation is 1. The van der Waals surface area contributed by atoms with E-state index in [0.717, 1.165) is 24.3 Å². The van der Waals surface area contributed by atoms with Gasteiger partial charge in [-0.2, -0.15) is 57.1 Å². The Hall–Kier alpha value is -2.95. The first-order chi connectivity index (χ1) is 16.0. The first-order valence-corrected chi connectivity index (χ1v) is 9.17. The predicted octanol–water partition coefficient (Wildman–Crippen LogP) is 5.67. The topological polar surface area (TPSA) is 75.6 Å². The third-order valence-corrected chi connectivity index (χ3v) is 4.50. The monoisotopic (exact) mass is 555 g/mol. The van der Waals surface area contributed by atoms with Crippen LogP contribution in [-0.2, 0) is 22.6 Å². The molecule has 0 fully saturated rings. The number of amides is 1. The molecule has 1 rings (SSSR count). The summed E-state index contributed by atoms with van der Waals surface area (Å²) in [4.78, 5) is 21.5. The van der Waals surface area contributed by atoms with Gasteiger partial charge in [0.2, 0.25) is 0 Å². The summed E-state index contributed by atoms with van der Waals surface area (Å²) in [5.74, 6) is -38.4. The Bertz CT molecular complexity index is 930. The van der Waals surface area contributed by atoms with E-state index in [4.69, 9.17) is 5.11 Å². The van der Waals surface area contributed by atoms with Crippen LogP contribution in [-0.4, -0.2) is 59.5 Å². The second-order valence-corrected chi connectivity index (χ2v) is 7.14. The average Bonchev–Trinajstić information content (AvgIpc) is 2.74. The number of carboxylic acids is 1. The van der Waals surface area contributed by atoms with Crippen molar-refractivity contribution in [3.63, 3.8) is 0 Å². The lowest BCUT2D eigenvalue weighted by Crippen LogP contribution is -2.70. The highest BCUT2D eigenvalue weighted by Gasteiger charge is 2.90. The molecule has 0 atom stereocenters. The molecule has 0 unspecified atom stereocenters. The fraction of sp³-hybridized carbons (Fsp3) is 0.556. The van der Waals surface area contributed by atoms with Crippen LogP contribution >= 0.6 is 0 Å². The fourth-order valence-corrected chi connectivity index (χ4v) is 2.41. The van der Waals surface area contributed by atoms with E-state index in [2.05, 4.69) is 4.74 Å². The van der Waals surface area contributed by atoms with Gasteiger partial charge >= 0.3 is 47.9 Å². The molecular formula is C18H14F13NO4. The molecule has 206 valence electrons. The maximum atomic E-state index is 13.8. The number of hydrogen-bond donors (Lipinski definition) is 2. The standard InChI is InChI=1S/C18H14F13NO4/c19-13(20,14(21,22)15(23,24)16(25,26)17(27,28)18(29,30)31)6-5-9-1-3-10(4-2-9)8-36-12(35)32-7-11(33)34/h1-4H,5-8H2,(H,32,35)(H,33,34). The Labute approximate surface area is 192 Å². The summed E-state index contributed by atoms with van der Waals surface area (Å²) in [5.41, 5.74) is -0.192. The smallest absolute Gasteiger partial charge is 0.460 e. The second-order valence-electron chi connectivity index (χ2n) is 7.14. The molecule has 1 aromatic carbocycles.